The van der Waals surface area contributed by atoms with Crippen LogP contribution in [-0.4, -0.2) is 35.3 Å². The normalized spacial score (nSPS) is 14.9. The molecule has 0 radical (unpaired) electrons. The fourth-order valence-corrected chi connectivity index (χ4v) is 4.17. The molecule has 1 aliphatic rings. The van der Waals surface area contributed by atoms with Gasteiger partial charge in [0.2, 0.25) is 5.91 Å². The van der Waals surface area contributed by atoms with Gasteiger partial charge >= 0.3 is 0 Å². The van der Waals surface area contributed by atoms with Gasteiger partial charge in [-0.1, -0.05) is 19.3 Å². The zero-order valence-corrected chi connectivity index (χ0v) is 19.0. The van der Waals surface area contributed by atoms with Crippen molar-refractivity contribution < 1.29 is 23.2 Å². The molecule has 1 aliphatic carbocycles. The van der Waals surface area contributed by atoms with E-state index in [4.69, 9.17) is 8.83 Å². The molecule has 34 heavy (non-hydrogen) atoms. The minimum Gasteiger partial charge on any atom is -0.464 e. The number of hydrogen-bond donors (Lipinski definition) is 2. The monoisotopic (exact) mass is 464 g/mol. The number of hydrogen-bond acceptors (Lipinski definition) is 6. The lowest BCUT2D eigenvalue weighted by molar-refractivity contribution is -0.127. The summed E-state index contributed by atoms with van der Waals surface area (Å²) in [5.74, 6) is -0.312. The number of rotatable bonds is 8. The highest BCUT2D eigenvalue weighted by molar-refractivity contribution is 6.03. The number of nitrogens with zero attached hydrogens (tertiary/aromatic N) is 2. The Morgan fingerprint density at radius 2 is 1.94 bits per heavy atom. The Balaban J connectivity index is 1.62. The van der Waals surface area contributed by atoms with Crippen molar-refractivity contribution in [2.24, 2.45) is 0 Å². The average molecular weight is 465 g/mol. The van der Waals surface area contributed by atoms with E-state index in [-0.39, 0.29) is 24.3 Å². The van der Waals surface area contributed by atoms with Crippen molar-refractivity contribution in [2.45, 2.75) is 51.1 Å². The first-order chi connectivity index (χ1) is 16.5. The van der Waals surface area contributed by atoms with E-state index in [1.807, 2.05) is 0 Å². The van der Waals surface area contributed by atoms with E-state index in [0.29, 0.717) is 17.2 Å². The summed E-state index contributed by atoms with van der Waals surface area (Å²) in [5.41, 5.74) is 0.414. The molecule has 3 aromatic heterocycles. The Bertz CT molecular complexity index is 1100. The molecule has 3 amide bonds. The minimum absolute atomic E-state index is 0.0457. The van der Waals surface area contributed by atoms with Gasteiger partial charge in [0.1, 0.15) is 11.5 Å². The van der Waals surface area contributed by atoms with Crippen LogP contribution in [-0.2, 0) is 9.59 Å². The molecule has 0 unspecified atom stereocenters. The van der Waals surface area contributed by atoms with Crippen molar-refractivity contribution in [1.29, 1.82) is 0 Å². The van der Waals surface area contributed by atoms with Crippen molar-refractivity contribution in [3.8, 4) is 0 Å². The Labute approximate surface area is 197 Å². The number of amides is 3. The summed E-state index contributed by atoms with van der Waals surface area (Å²) in [7, 11) is 0. The Morgan fingerprint density at radius 3 is 2.59 bits per heavy atom. The summed E-state index contributed by atoms with van der Waals surface area (Å²) in [5, 5.41) is 5.66. The lowest BCUT2D eigenvalue weighted by Gasteiger charge is -2.32. The fourth-order valence-electron chi connectivity index (χ4n) is 4.17. The summed E-state index contributed by atoms with van der Waals surface area (Å²) in [6, 6.07) is 8.89. The lowest BCUT2D eigenvalue weighted by atomic mass is 9.95. The predicted octanol–water partition coefficient (Wildman–Crippen LogP) is 3.53. The molecule has 3 aromatic rings. The topological polar surface area (TPSA) is 118 Å². The van der Waals surface area contributed by atoms with Crippen LogP contribution in [0.5, 0.6) is 0 Å². The molecular weight excluding hydrogens is 436 g/mol. The maximum absolute atomic E-state index is 13.6. The predicted molar refractivity (Wildman–Crippen MR) is 124 cm³/mol. The van der Waals surface area contributed by atoms with Gasteiger partial charge in [0.15, 0.2) is 11.8 Å². The van der Waals surface area contributed by atoms with Crippen molar-refractivity contribution in [3.63, 3.8) is 0 Å². The summed E-state index contributed by atoms with van der Waals surface area (Å²) < 4.78 is 10.9. The summed E-state index contributed by atoms with van der Waals surface area (Å²) in [6.45, 7) is 1.43. The second-order valence-corrected chi connectivity index (χ2v) is 8.33. The number of aromatic nitrogens is 1. The van der Waals surface area contributed by atoms with Crippen LogP contribution in [0.1, 0.15) is 60.2 Å². The molecule has 0 bridgehead atoms. The third kappa shape index (κ3) is 5.54. The molecule has 0 aromatic carbocycles. The Hall–Kier alpha value is -3.88. The fraction of sp³-hybridized carbons (Fsp3) is 0.360. The lowest BCUT2D eigenvalue weighted by Crippen LogP contribution is -2.49. The van der Waals surface area contributed by atoms with Gasteiger partial charge in [-0.15, -0.1) is 0 Å². The first-order valence-corrected chi connectivity index (χ1v) is 11.4. The SMILES string of the molecule is Cc1ccc([C@H](C(=O)NC2CCCCC2)N(C(=O)CNC(=O)c2ccco2)c2cccnc2)o1. The number of furan rings is 2. The molecule has 178 valence electrons. The number of pyridine rings is 1. The van der Waals surface area contributed by atoms with Gasteiger partial charge in [0.05, 0.1) is 24.7 Å². The number of aryl methyl sites for hydroxylation is 1. The quantitative estimate of drug-likeness (QED) is 0.527. The number of anilines is 1. The van der Waals surface area contributed by atoms with Crippen LogP contribution in [0, 0.1) is 6.92 Å². The second-order valence-electron chi connectivity index (χ2n) is 8.33. The molecule has 1 fully saturated rings. The first-order valence-electron chi connectivity index (χ1n) is 11.4. The van der Waals surface area contributed by atoms with Crippen LogP contribution < -0.4 is 15.5 Å². The highest BCUT2D eigenvalue weighted by Gasteiger charge is 2.36. The third-order valence-corrected chi connectivity index (χ3v) is 5.83. The van der Waals surface area contributed by atoms with E-state index < -0.39 is 17.9 Å². The second kappa shape index (κ2) is 10.8. The van der Waals surface area contributed by atoms with E-state index in [2.05, 4.69) is 15.6 Å². The number of carbonyl (C=O) groups excluding carboxylic acids is 3. The van der Waals surface area contributed by atoms with Crippen molar-refractivity contribution in [2.75, 3.05) is 11.4 Å². The summed E-state index contributed by atoms with van der Waals surface area (Å²) in [6.07, 6.45) is 9.53. The van der Waals surface area contributed by atoms with E-state index in [0.717, 1.165) is 32.1 Å². The molecule has 1 saturated carbocycles. The third-order valence-electron chi connectivity index (χ3n) is 5.83. The van der Waals surface area contributed by atoms with Crippen LogP contribution in [0.4, 0.5) is 5.69 Å². The first kappa shape index (κ1) is 23.3. The van der Waals surface area contributed by atoms with Crippen molar-refractivity contribution in [1.82, 2.24) is 15.6 Å². The average Bonchev–Trinajstić information content (AvgIpc) is 3.54. The van der Waals surface area contributed by atoms with Crippen LogP contribution in [0.15, 0.2) is 63.9 Å². The van der Waals surface area contributed by atoms with Gasteiger partial charge in [-0.05, 0) is 56.2 Å². The van der Waals surface area contributed by atoms with Gasteiger partial charge in [0, 0.05) is 12.2 Å². The van der Waals surface area contributed by atoms with Crippen LogP contribution in [0.25, 0.3) is 0 Å². The molecule has 9 heteroatoms. The summed E-state index contributed by atoms with van der Waals surface area (Å²) >= 11 is 0. The largest absolute Gasteiger partial charge is 0.464 e. The molecule has 0 aliphatic heterocycles. The summed E-state index contributed by atoms with van der Waals surface area (Å²) in [4.78, 5) is 44.8. The van der Waals surface area contributed by atoms with E-state index >= 15 is 0 Å². The zero-order valence-electron chi connectivity index (χ0n) is 19.0. The maximum atomic E-state index is 13.6. The van der Waals surface area contributed by atoms with Gasteiger partial charge in [-0.25, -0.2) is 0 Å². The van der Waals surface area contributed by atoms with Gasteiger partial charge in [-0.2, -0.15) is 0 Å². The van der Waals surface area contributed by atoms with E-state index in [1.54, 1.807) is 43.5 Å². The van der Waals surface area contributed by atoms with Gasteiger partial charge < -0.3 is 19.5 Å². The molecule has 2 N–H and O–H groups in total. The molecule has 0 saturated heterocycles. The molecule has 0 spiro atoms. The molecule has 1 atom stereocenters. The molecule has 9 nitrogen and oxygen atoms in total. The number of nitrogens with one attached hydrogen (secondary N) is 2. The highest BCUT2D eigenvalue weighted by atomic mass is 16.3. The zero-order chi connectivity index (χ0) is 23.9. The smallest absolute Gasteiger partial charge is 0.287 e. The molecule has 3 heterocycles. The van der Waals surface area contributed by atoms with Crippen LogP contribution in [0.3, 0.4) is 0 Å². The molecular formula is C25H28N4O5. The maximum Gasteiger partial charge on any atom is 0.287 e. The standard InChI is InChI=1S/C25H28N4O5/c1-17-11-12-20(34-17)23(25(32)28-18-7-3-2-4-8-18)29(19-9-5-13-26-15-19)22(30)16-27-24(31)21-10-6-14-33-21/h5-6,9-15,18,23H,2-4,7-8,16H2,1H3,(H,27,31)(H,28,32)/t23-/m1/s1. The molecule has 4 rings (SSSR count). The Kier molecular flexibility index (Phi) is 7.41. The highest BCUT2D eigenvalue weighted by Crippen LogP contribution is 2.29. The van der Waals surface area contributed by atoms with Crippen molar-refractivity contribution >= 4 is 23.4 Å². The van der Waals surface area contributed by atoms with E-state index in [1.165, 1.54) is 23.4 Å². The van der Waals surface area contributed by atoms with Crippen LogP contribution in [0.2, 0.25) is 0 Å². The van der Waals surface area contributed by atoms with E-state index in [9.17, 15) is 14.4 Å². The Morgan fingerprint density at radius 1 is 1.12 bits per heavy atom. The minimum atomic E-state index is -1.06. The van der Waals surface area contributed by atoms with Crippen LogP contribution >= 0.6 is 0 Å². The van der Waals surface area contributed by atoms with Gasteiger partial charge in [-0.3, -0.25) is 24.3 Å². The number of carbonyl (C=O) groups is 3. The van der Waals surface area contributed by atoms with Gasteiger partial charge in [0.25, 0.3) is 11.8 Å². The van der Waals surface area contributed by atoms with Crippen molar-refractivity contribution in [3.05, 3.63) is 72.3 Å².